The summed E-state index contributed by atoms with van der Waals surface area (Å²) in [4.78, 5) is 35.3. The van der Waals surface area contributed by atoms with E-state index in [4.69, 9.17) is 0 Å². The van der Waals surface area contributed by atoms with Crippen LogP contribution in [0.15, 0.2) is 35.1 Å². The minimum atomic E-state index is -0.660. The predicted molar refractivity (Wildman–Crippen MR) is 73.6 cm³/mol. The fourth-order valence-corrected chi connectivity index (χ4v) is 1.70. The van der Waals surface area contributed by atoms with Crippen molar-refractivity contribution in [1.82, 2.24) is 5.16 Å². The van der Waals surface area contributed by atoms with Crippen LogP contribution in [-0.2, 0) is 9.47 Å². The number of esters is 2. The zero-order valence-electron chi connectivity index (χ0n) is 11.8. The van der Waals surface area contributed by atoms with E-state index in [0.29, 0.717) is 0 Å². The van der Waals surface area contributed by atoms with Crippen LogP contribution in [0.25, 0.3) is 0 Å². The molecule has 0 unspecified atom stereocenters. The zero-order valence-corrected chi connectivity index (χ0v) is 11.8. The van der Waals surface area contributed by atoms with E-state index < -0.39 is 17.8 Å². The normalized spacial score (nSPS) is 9.91. The van der Waals surface area contributed by atoms with E-state index >= 15 is 0 Å². The Morgan fingerprint density at radius 2 is 1.82 bits per heavy atom. The van der Waals surface area contributed by atoms with Gasteiger partial charge in [0.2, 0.25) is 0 Å². The zero-order chi connectivity index (χ0) is 16.1. The number of aromatic nitrogens is 1. The second-order valence-electron chi connectivity index (χ2n) is 4.08. The number of carbonyl (C=O) groups excluding carboxylic acids is 3. The first-order valence-corrected chi connectivity index (χ1v) is 6.09. The Balaban J connectivity index is 2.38. The van der Waals surface area contributed by atoms with Crippen molar-refractivity contribution in [2.24, 2.45) is 0 Å². The lowest BCUT2D eigenvalue weighted by molar-refractivity contribution is 0.0587. The molecule has 0 saturated carbocycles. The molecule has 0 spiro atoms. The molecule has 22 heavy (non-hydrogen) atoms. The van der Waals surface area contributed by atoms with E-state index in [1.165, 1.54) is 44.7 Å². The Morgan fingerprint density at radius 3 is 2.41 bits per heavy atom. The number of hydrogen-bond donors (Lipinski definition) is 1. The summed E-state index contributed by atoms with van der Waals surface area (Å²) in [5, 5.41) is 5.96. The number of rotatable bonds is 4. The standard InChI is InChI=1S/C14H12N2O6/c1-20-13(18)8-3-4-9(14(19)21-2)11(7-8)15-12(17)10-5-6-22-16-10/h3-7H,1-2H3,(H,15,17). The highest BCUT2D eigenvalue weighted by atomic mass is 16.5. The Morgan fingerprint density at radius 1 is 1.09 bits per heavy atom. The number of benzene rings is 1. The Bertz CT molecular complexity index is 708. The maximum atomic E-state index is 12.0. The van der Waals surface area contributed by atoms with Gasteiger partial charge in [-0.1, -0.05) is 5.16 Å². The van der Waals surface area contributed by atoms with Gasteiger partial charge in [-0.2, -0.15) is 0 Å². The van der Waals surface area contributed by atoms with Crippen molar-refractivity contribution in [2.75, 3.05) is 19.5 Å². The molecule has 0 fully saturated rings. The van der Waals surface area contributed by atoms with Gasteiger partial charge in [-0.25, -0.2) is 9.59 Å². The quantitative estimate of drug-likeness (QED) is 0.853. The smallest absolute Gasteiger partial charge is 0.339 e. The van der Waals surface area contributed by atoms with Crippen molar-refractivity contribution in [2.45, 2.75) is 0 Å². The van der Waals surface area contributed by atoms with Crippen molar-refractivity contribution in [3.05, 3.63) is 47.3 Å². The van der Waals surface area contributed by atoms with Gasteiger partial charge in [0.05, 0.1) is 31.0 Å². The van der Waals surface area contributed by atoms with Crippen LogP contribution in [-0.4, -0.2) is 37.2 Å². The molecule has 0 aliphatic carbocycles. The number of amides is 1. The van der Waals surface area contributed by atoms with Gasteiger partial charge in [-0.05, 0) is 18.2 Å². The van der Waals surface area contributed by atoms with Crippen molar-refractivity contribution < 1.29 is 28.4 Å². The summed E-state index contributed by atoms with van der Waals surface area (Å²) in [7, 11) is 2.43. The van der Waals surface area contributed by atoms with Crippen LogP contribution in [0.1, 0.15) is 31.2 Å². The van der Waals surface area contributed by atoms with Crippen LogP contribution in [0, 0.1) is 0 Å². The first kappa shape index (κ1) is 15.2. The van der Waals surface area contributed by atoms with Gasteiger partial charge < -0.3 is 19.3 Å². The fourth-order valence-electron chi connectivity index (χ4n) is 1.70. The minimum Gasteiger partial charge on any atom is -0.465 e. The average molecular weight is 304 g/mol. The summed E-state index contributed by atoms with van der Waals surface area (Å²) in [6.45, 7) is 0. The molecule has 114 valence electrons. The summed E-state index contributed by atoms with van der Waals surface area (Å²) in [5.74, 6) is -1.86. The number of nitrogens with zero attached hydrogens (tertiary/aromatic N) is 1. The van der Waals surface area contributed by atoms with Gasteiger partial charge in [0.15, 0.2) is 5.69 Å². The highest BCUT2D eigenvalue weighted by Gasteiger charge is 2.18. The van der Waals surface area contributed by atoms with Crippen LogP contribution in [0.2, 0.25) is 0 Å². The van der Waals surface area contributed by atoms with Gasteiger partial charge in [0, 0.05) is 6.07 Å². The van der Waals surface area contributed by atoms with E-state index in [2.05, 4.69) is 24.5 Å². The molecule has 0 saturated heterocycles. The van der Waals surface area contributed by atoms with Gasteiger partial charge in [-0.15, -0.1) is 0 Å². The number of methoxy groups -OCH3 is 2. The van der Waals surface area contributed by atoms with Crippen molar-refractivity contribution >= 4 is 23.5 Å². The first-order valence-electron chi connectivity index (χ1n) is 6.09. The second kappa shape index (κ2) is 6.53. The molecule has 0 aliphatic heterocycles. The maximum absolute atomic E-state index is 12.0. The highest BCUT2D eigenvalue weighted by molar-refractivity contribution is 6.08. The maximum Gasteiger partial charge on any atom is 0.339 e. The van der Waals surface area contributed by atoms with Gasteiger partial charge in [0.25, 0.3) is 5.91 Å². The third kappa shape index (κ3) is 3.11. The lowest BCUT2D eigenvalue weighted by atomic mass is 10.1. The summed E-state index contributed by atoms with van der Waals surface area (Å²) < 4.78 is 13.8. The molecule has 2 rings (SSSR count). The molecular weight excluding hydrogens is 292 g/mol. The van der Waals surface area contributed by atoms with Crippen LogP contribution < -0.4 is 5.32 Å². The van der Waals surface area contributed by atoms with Crippen LogP contribution in [0.4, 0.5) is 5.69 Å². The SMILES string of the molecule is COC(=O)c1ccc(C(=O)OC)c(NC(=O)c2ccon2)c1. The molecule has 0 bridgehead atoms. The Kier molecular flexibility index (Phi) is 4.52. The average Bonchev–Trinajstić information content (AvgIpc) is 3.07. The van der Waals surface area contributed by atoms with Crippen LogP contribution >= 0.6 is 0 Å². The second-order valence-corrected chi connectivity index (χ2v) is 4.08. The minimum absolute atomic E-state index is 0.0271. The molecule has 2 aromatic rings. The third-order valence-electron chi connectivity index (χ3n) is 2.76. The molecule has 1 N–H and O–H groups in total. The molecule has 1 heterocycles. The summed E-state index contributed by atoms with van der Waals surface area (Å²) >= 11 is 0. The number of ether oxygens (including phenoxy) is 2. The first-order chi connectivity index (χ1) is 10.6. The summed E-state index contributed by atoms with van der Waals surface area (Å²) in [6, 6.07) is 5.42. The van der Waals surface area contributed by atoms with Crippen LogP contribution in [0.5, 0.6) is 0 Å². The van der Waals surface area contributed by atoms with E-state index in [-0.39, 0.29) is 22.5 Å². The van der Waals surface area contributed by atoms with E-state index in [1.807, 2.05) is 0 Å². The highest BCUT2D eigenvalue weighted by Crippen LogP contribution is 2.20. The molecule has 8 heteroatoms. The van der Waals surface area contributed by atoms with Gasteiger partial charge in [0.1, 0.15) is 6.26 Å². The molecule has 0 radical (unpaired) electrons. The Hall–Kier alpha value is -3.16. The molecule has 0 aliphatic rings. The molecular formula is C14H12N2O6. The van der Waals surface area contributed by atoms with Crippen LogP contribution in [0.3, 0.4) is 0 Å². The van der Waals surface area contributed by atoms with Crippen molar-refractivity contribution in [3.8, 4) is 0 Å². The molecule has 8 nitrogen and oxygen atoms in total. The number of nitrogens with one attached hydrogen (secondary N) is 1. The summed E-state index contributed by atoms with van der Waals surface area (Å²) in [5.41, 5.74) is 0.389. The lowest BCUT2D eigenvalue weighted by Crippen LogP contribution is -2.16. The topological polar surface area (TPSA) is 108 Å². The molecule has 1 aromatic carbocycles. The van der Waals surface area contributed by atoms with E-state index in [1.54, 1.807) is 0 Å². The predicted octanol–water partition coefficient (Wildman–Crippen LogP) is 1.50. The molecule has 1 amide bonds. The van der Waals surface area contributed by atoms with Crippen molar-refractivity contribution in [3.63, 3.8) is 0 Å². The number of carbonyl (C=O) groups is 3. The van der Waals surface area contributed by atoms with E-state index in [9.17, 15) is 14.4 Å². The van der Waals surface area contributed by atoms with E-state index in [0.717, 1.165) is 0 Å². The Labute approximate surface area is 125 Å². The van der Waals surface area contributed by atoms with Gasteiger partial charge >= 0.3 is 11.9 Å². The van der Waals surface area contributed by atoms with Gasteiger partial charge in [-0.3, -0.25) is 4.79 Å². The largest absolute Gasteiger partial charge is 0.465 e. The number of hydrogen-bond acceptors (Lipinski definition) is 7. The van der Waals surface area contributed by atoms with Crippen molar-refractivity contribution in [1.29, 1.82) is 0 Å². The number of anilines is 1. The monoisotopic (exact) mass is 304 g/mol. The summed E-state index contributed by atoms with van der Waals surface area (Å²) in [6.07, 6.45) is 1.24. The lowest BCUT2D eigenvalue weighted by Gasteiger charge is -2.10. The molecule has 0 atom stereocenters. The molecule has 1 aromatic heterocycles. The fraction of sp³-hybridized carbons (Fsp3) is 0.143. The third-order valence-corrected chi connectivity index (χ3v) is 2.76.